The summed E-state index contributed by atoms with van der Waals surface area (Å²) >= 11 is 0. The van der Waals surface area contributed by atoms with Gasteiger partial charge in [-0.25, -0.2) is 9.97 Å². The Balaban J connectivity index is 1.77. The Labute approximate surface area is 163 Å². The number of rotatable bonds is 7. The summed E-state index contributed by atoms with van der Waals surface area (Å²) in [6, 6.07) is 5.72. The van der Waals surface area contributed by atoms with Crippen LogP contribution in [0.3, 0.4) is 0 Å². The number of anilines is 2. The molecule has 0 aliphatic carbocycles. The highest BCUT2D eigenvalue weighted by Crippen LogP contribution is 2.27. The Morgan fingerprint density at radius 2 is 2.11 bits per heavy atom. The van der Waals surface area contributed by atoms with E-state index in [9.17, 15) is 5.11 Å². The predicted molar refractivity (Wildman–Crippen MR) is 114 cm³/mol. The van der Waals surface area contributed by atoms with Crippen molar-refractivity contribution >= 4 is 28.0 Å². The fourth-order valence-corrected chi connectivity index (χ4v) is 2.81. The summed E-state index contributed by atoms with van der Waals surface area (Å²) in [4.78, 5) is 8.44. The summed E-state index contributed by atoms with van der Waals surface area (Å²) in [6.07, 6.45) is 8.08. The summed E-state index contributed by atoms with van der Waals surface area (Å²) < 4.78 is 0. The van der Waals surface area contributed by atoms with Gasteiger partial charge < -0.3 is 16.2 Å². The Bertz CT molecular complexity index is 1060. The molecule has 0 aliphatic heterocycles. The second kappa shape index (κ2) is 8.39. The number of aromatic amines is 1. The SMILES string of the molecule is C=CC/C(C)=C\C=C(/C)c1ncnc(CNc2ccc3c(N)n[nH]c3c2)c1O. The van der Waals surface area contributed by atoms with Crippen LogP contribution in [0.5, 0.6) is 5.75 Å². The third kappa shape index (κ3) is 4.20. The number of hydrogen-bond acceptors (Lipinski definition) is 6. The van der Waals surface area contributed by atoms with Crippen LogP contribution in [-0.2, 0) is 6.54 Å². The lowest BCUT2D eigenvalue weighted by molar-refractivity contribution is 0.459. The third-order valence-corrected chi connectivity index (χ3v) is 4.41. The van der Waals surface area contributed by atoms with Gasteiger partial charge in [0, 0.05) is 11.1 Å². The lowest BCUT2D eigenvalue weighted by Gasteiger charge is -2.10. The number of aromatic nitrogens is 4. The average Bonchev–Trinajstić information content (AvgIpc) is 3.06. The smallest absolute Gasteiger partial charge is 0.165 e. The van der Waals surface area contributed by atoms with E-state index in [1.165, 1.54) is 11.9 Å². The molecule has 3 rings (SSSR count). The van der Waals surface area contributed by atoms with Gasteiger partial charge in [-0.15, -0.1) is 6.58 Å². The Kier molecular flexibility index (Phi) is 5.74. The maximum Gasteiger partial charge on any atom is 0.165 e. The summed E-state index contributed by atoms with van der Waals surface area (Å²) in [6.45, 7) is 8.03. The zero-order chi connectivity index (χ0) is 20.1. The number of nitrogens with zero attached hydrogens (tertiary/aromatic N) is 3. The number of nitrogens with two attached hydrogens (primary N) is 1. The molecule has 28 heavy (non-hydrogen) atoms. The zero-order valence-electron chi connectivity index (χ0n) is 16.0. The normalized spacial score (nSPS) is 12.4. The van der Waals surface area contributed by atoms with Gasteiger partial charge in [0.25, 0.3) is 0 Å². The van der Waals surface area contributed by atoms with Gasteiger partial charge in [-0.1, -0.05) is 23.8 Å². The van der Waals surface area contributed by atoms with E-state index < -0.39 is 0 Å². The largest absolute Gasteiger partial charge is 0.504 e. The van der Waals surface area contributed by atoms with Crippen LogP contribution < -0.4 is 11.1 Å². The van der Waals surface area contributed by atoms with E-state index in [4.69, 9.17) is 5.73 Å². The number of hydrogen-bond donors (Lipinski definition) is 4. The molecular formula is C21H24N6O. The van der Waals surface area contributed by atoms with Crippen molar-refractivity contribution in [1.29, 1.82) is 0 Å². The van der Waals surface area contributed by atoms with Crippen molar-refractivity contribution in [3.05, 3.63) is 66.3 Å². The molecule has 2 heterocycles. The van der Waals surface area contributed by atoms with Crippen molar-refractivity contribution in [3.8, 4) is 5.75 Å². The second-order valence-corrected chi connectivity index (χ2v) is 6.60. The van der Waals surface area contributed by atoms with Gasteiger partial charge in [0.1, 0.15) is 17.7 Å². The minimum atomic E-state index is 0.0744. The molecule has 0 fully saturated rings. The van der Waals surface area contributed by atoms with Crippen molar-refractivity contribution < 1.29 is 5.11 Å². The number of aromatic hydroxyl groups is 1. The molecule has 0 saturated carbocycles. The first-order valence-electron chi connectivity index (χ1n) is 8.95. The number of nitrogens with one attached hydrogen (secondary N) is 2. The van der Waals surface area contributed by atoms with Crippen LogP contribution in [0.15, 0.2) is 54.9 Å². The average molecular weight is 376 g/mol. The van der Waals surface area contributed by atoms with Gasteiger partial charge in [0.2, 0.25) is 0 Å². The standard InChI is InChI=1S/C21H24N6O/c1-4-5-13(2)6-7-14(3)19-20(28)18(24-12-25-19)11-23-15-8-9-16-17(10-15)26-27-21(16)22/h4,6-10,12,23,28H,1,5,11H2,2-3H3,(H3,22,26,27)/b13-6-,14-7+. The number of benzene rings is 1. The molecule has 0 unspecified atom stereocenters. The van der Waals surface area contributed by atoms with Crippen molar-refractivity contribution in [1.82, 2.24) is 20.2 Å². The first kappa shape index (κ1) is 19.2. The lowest BCUT2D eigenvalue weighted by atomic mass is 10.1. The van der Waals surface area contributed by atoms with Crippen LogP contribution in [0.2, 0.25) is 0 Å². The maximum atomic E-state index is 10.6. The van der Waals surface area contributed by atoms with Crippen molar-refractivity contribution in [2.75, 3.05) is 11.1 Å². The highest BCUT2D eigenvalue weighted by molar-refractivity contribution is 5.90. The van der Waals surface area contributed by atoms with Crippen molar-refractivity contribution in [3.63, 3.8) is 0 Å². The summed E-state index contributed by atoms with van der Waals surface area (Å²) in [5, 5.41) is 21.6. The van der Waals surface area contributed by atoms with Gasteiger partial charge in [0.05, 0.1) is 12.1 Å². The predicted octanol–water partition coefficient (Wildman–Crippen LogP) is 4.18. The van der Waals surface area contributed by atoms with Gasteiger partial charge in [0.15, 0.2) is 11.6 Å². The van der Waals surface area contributed by atoms with E-state index in [1.54, 1.807) is 0 Å². The fourth-order valence-electron chi connectivity index (χ4n) is 2.81. The Morgan fingerprint density at radius 3 is 2.89 bits per heavy atom. The van der Waals surface area contributed by atoms with Gasteiger partial charge in [-0.2, -0.15) is 5.10 Å². The molecule has 144 valence electrons. The molecule has 0 spiro atoms. The van der Waals surface area contributed by atoms with E-state index in [1.807, 2.05) is 50.3 Å². The molecule has 5 N–H and O–H groups in total. The van der Waals surface area contributed by atoms with E-state index in [2.05, 4.69) is 32.1 Å². The van der Waals surface area contributed by atoms with Crippen LogP contribution in [-0.4, -0.2) is 25.3 Å². The highest BCUT2D eigenvalue weighted by Gasteiger charge is 2.11. The summed E-state index contributed by atoms with van der Waals surface area (Å²) in [7, 11) is 0. The molecule has 7 nitrogen and oxygen atoms in total. The lowest BCUT2D eigenvalue weighted by Crippen LogP contribution is -2.04. The molecular weight excluding hydrogens is 352 g/mol. The number of H-pyrrole nitrogens is 1. The van der Waals surface area contributed by atoms with Crippen LogP contribution in [0, 0.1) is 0 Å². The van der Waals surface area contributed by atoms with Crippen molar-refractivity contribution in [2.45, 2.75) is 26.8 Å². The summed E-state index contributed by atoms with van der Waals surface area (Å²) in [5.41, 5.74) is 10.6. The topological polar surface area (TPSA) is 113 Å². The molecule has 0 bridgehead atoms. The second-order valence-electron chi connectivity index (χ2n) is 6.60. The first-order chi connectivity index (χ1) is 13.5. The van der Waals surface area contributed by atoms with Crippen molar-refractivity contribution in [2.24, 2.45) is 0 Å². The van der Waals surface area contributed by atoms with Crippen LogP contribution in [0.1, 0.15) is 31.7 Å². The maximum absolute atomic E-state index is 10.6. The summed E-state index contributed by atoms with van der Waals surface area (Å²) in [5.74, 6) is 0.546. The molecule has 3 aromatic rings. The highest BCUT2D eigenvalue weighted by atomic mass is 16.3. The number of allylic oxidation sites excluding steroid dienone is 5. The molecule has 0 amide bonds. The van der Waals surface area contributed by atoms with Crippen LogP contribution >= 0.6 is 0 Å². The first-order valence-corrected chi connectivity index (χ1v) is 8.95. The quantitative estimate of drug-likeness (QED) is 0.363. The van der Waals surface area contributed by atoms with Crippen LogP contribution in [0.25, 0.3) is 16.5 Å². The van der Waals surface area contributed by atoms with Gasteiger partial charge in [-0.05, 0) is 44.0 Å². The number of fused-ring (bicyclic) bond motifs is 1. The van der Waals surface area contributed by atoms with E-state index in [0.717, 1.165) is 28.6 Å². The molecule has 7 heteroatoms. The Hall–Kier alpha value is -3.61. The monoisotopic (exact) mass is 376 g/mol. The fraction of sp³-hybridized carbons (Fsp3) is 0.190. The van der Waals surface area contributed by atoms with Gasteiger partial charge >= 0.3 is 0 Å². The minimum absolute atomic E-state index is 0.0744. The molecule has 2 aromatic heterocycles. The Morgan fingerprint density at radius 1 is 1.29 bits per heavy atom. The zero-order valence-corrected chi connectivity index (χ0v) is 16.0. The number of nitrogen functional groups attached to an aromatic ring is 1. The van der Waals surface area contributed by atoms with E-state index >= 15 is 0 Å². The molecule has 1 aromatic carbocycles. The molecule has 0 saturated heterocycles. The van der Waals surface area contributed by atoms with E-state index in [-0.39, 0.29) is 5.75 Å². The molecule has 0 aliphatic rings. The minimum Gasteiger partial charge on any atom is -0.504 e. The van der Waals surface area contributed by atoms with Crippen LogP contribution in [0.4, 0.5) is 11.5 Å². The van der Waals surface area contributed by atoms with Gasteiger partial charge in [-0.3, -0.25) is 5.10 Å². The third-order valence-electron chi connectivity index (χ3n) is 4.41. The molecule has 0 atom stereocenters. The molecule has 0 radical (unpaired) electrons. The van der Waals surface area contributed by atoms with E-state index in [0.29, 0.717) is 23.8 Å².